The van der Waals surface area contributed by atoms with Crippen LogP contribution in [-0.4, -0.2) is 30.1 Å². The molecule has 0 aliphatic rings. The summed E-state index contributed by atoms with van der Waals surface area (Å²) in [6.45, 7) is 0.845. The molecule has 0 heterocycles. The largest absolute Gasteiger partial charge is 0.406 e. The zero-order valence-corrected chi connectivity index (χ0v) is 12.1. The Labute approximate surface area is 122 Å². The van der Waals surface area contributed by atoms with E-state index in [4.69, 9.17) is 5.73 Å². The fraction of sp³-hybridized carbons (Fsp3) is 0.533. The van der Waals surface area contributed by atoms with Crippen LogP contribution in [0.1, 0.15) is 31.7 Å². The fourth-order valence-corrected chi connectivity index (χ4v) is 2.02. The van der Waals surface area contributed by atoms with Gasteiger partial charge in [-0.3, -0.25) is 4.79 Å². The standard InChI is InChI=1S/C15H21F3N2O/c1-2-3-9-20(11-15(16,17)18)14(21)8-7-12-5-4-6-13(19)10-12/h4-6,10H,2-3,7-9,11,19H2,1H3. The molecule has 0 aliphatic carbocycles. The van der Waals surface area contributed by atoms with Crippen LogP contribution < -0.4 is 5.73 Å². The van der Waals surface area contributed by atoms with Crippen molar-refractivity contribution in [2.45, 2.75) is 38.8 Å². The number of carbonyl (C=O) groups excluding carboxylic acids is 1. The van der Waals surface area contributed by atoms with E-state index in [0.29, 0.717) is 18.5 Å². The Morgan fingerprint density at radius 1 is 1.33 bits per heavy atom. The highest BCUT2D eigenvalue weighted by molar-refractivity contribution is 5.76. The lowest BCUT2D eigenvalue weighted by molar-refractivity contribution is -0.161. The first-order valence-electron chi connectivity index (χ1n) is 7.00. The predicted molar refractivity (Wildman–Crippen MR) is 76.7 cm³/mol. The number of alkyl halides is 3. The molecule has 0 spiro atoms. The molecule has 2 N–H and O–H groups in total. The second-order valence-corrected chi connectivity index (χ2v) is 5.03. The first-order chi connectivity index (χ1) is 9.81. The second-order valence-electron chi connectivity index (χ2n) is 5.03. The van der Waals surface area contributed by atoms with Crippen molar-refractivity contribution in [3.63, 3.8) is 0 Å². The molecule has 0 aromatic heterocycles. The Kier molecular flexibility index (Phi) is 6.52. The number of rotatable bonds is 7. The van der Waals surface area contributed by atoms with E-state index in [1.54, 1.807) is 18.2 Å². The quantitative estimate of drug-likeness (QED) is 0.785. The second kappa shape index (κ2) is 7.90. The van der Waals surface area contributed by atoms with Crippen molar-refractivity contribution in [1.82, 2.24) is 4.90 Å². The first kappa shape index (κ1) is 17.3. The number of carbonyl (C=O) groups is 1. The Bertz CT molecular complexity index is 460. The van der Waals surface area contributed by atoms with Gasteiger partial charge in [-0.05, 0) is 30.5 Å². The van der Waals surface area contributed by atoms with Crippen molar-refractivity contribution >= 4 is 11.6 Å². The van der Waals surface area contributed by atoms with Gasteiger partial charge in [-0.1, -0.05) is 25.5 Å². The number of aryl methyl sites for hydroxylation is 1. The van der Waals surface area contributed by atoms with Gasteiger partial charge in [-0.2, -0.15) is 13.2 Å². The topological polar surface area (TPSA) is 46.3 Å². The number of nitrogen functional groups attached to an aromatic ring is 1. The lowest BCUT2D eigenvalue weighted by Gasteiger charge is -2.24. The number of amides is 1. The van der Waals surface area contributed by atoms with E-state index in [2.05, 4.69) is 0 Å². The summed E-state index contributed by atoms with van der Waals surface area (Å²) in [5.41, 5.74) is 7.06. The van der Waals surface area contributed by atoms with Crippen molar-refractivity contribution < 1.29 is 18.0 Å². The molecule has 0 radical (unpaired) electrons. The summed E-state index contributed by atoms with van der Waals surface area (Å²) in [5.74, 6) is -0.469. The molecule has 0 saturated carbocycles. The lowest BCUT2D eigenvalue weighted by atomic mass is 10.1. The molecule has 1 rings (SSSR count). The van der Waals surface area contributed by atoms with Gasteiger partial charge in [0.05, 0.1) is 0 Å². The molecular weight excluding hydrogens is 281 g/mol. The molecule has 118 valence electrons. The number of hydrogen-bond acceptors (Lipinski definition) is 2. The van der Waals surface area contributed by atoms with E-state index in [-0.39, 0.29) is 13.0 Å². The minimum atomic E-state index is -4.36. The highest BCUT2D eigenvalue weighted by Gasteiger charge is 2.32. The number of nitrogens with two attached hydrogens (primary N) is 1. The molecule has 0 bridgehead atoms. The number of anilines is 1. The van der Waals surface area contributed by atoms with Gasteiger partial charge in [0.2, 0.25) is 5.91 Å². The average Bonchev–Trinajstić information content (AvgIpc) is 2.39. The Morgan fingerprint density at radius 2 is 2.05 bits per heavy atom. The molecule has 6 heteroatoms. The summed E-state index contributed by atoms with van der Waals surface area (Å²) in [5, 5.41) is 0. The number of nitrogens with zero attached hydrogens (tertiary/aromatic N) is 1. The molecule has 3 nitrogen and oxygen atoms in total. The van der Waals surface area contributed by atoms with Crippen LogP contribution in [0.4, 0.5) is 18.9 Å². The van der Waals surface area contributed by atoms with Crippen LogP contribution in [0.25, 0.3) is 0 Å². The molecule has 0 saturated heterocycles. The zero-order chi connectivity index (χ0) is 15.9. The van der Waals surface area contributed by atoms with Crippen molar-refractivity contribution in [1.29, 1.82) is 0 Å². The highest BCUT2D eigenvalue weighted by atomic mass is 19.4. The third-order valence-electron chi connectivity index (χ3n) is 3.08. The summed E-state index contributed by atoms with van der Waals surface area (Å²) in [4.78, 5) is 12.9. The summed E-state index contributed by atoms with van der Waals surface area (Å²) >= 11 is 0. The van der Waals surface area contributed by atoms with Crippen LogP contribution in [0, 0.1) is 0 Å². The molecular formula is C15H21F3N2O. The summed E-state index contributed by atoms with van der Waals surface area (Å²) < 4.78 is 37.5. The predicted octanol–water partition coefficient (Wildman–Crippen LogP) is 3.39. The van der Waals surface area contributed by atoms with Crippen LogP contribution in [0.5, 0.6) is 0 Å². The molecule has 0 aliphatic heterocycles. The van der Waals surface area contributed by atoms with Gasteiger partial charge < -0.3 is 10.6 Å². The smallest absolute Gasteiger partial charge is 0.399 e. The monoisotopic (exact) mass is 302 g/mol. The maximum absolute atomic E-state index is 12.5. The zero-order valence-electron chi connectivity index (χ0n) is 12.1. The van der Waals surface area contributed by atoms with Gasteiger partial charge in [0.15, 0.2) is 0 Å². The maximum atomic E-state index is 12.5. The Morgan fingerprint density at radius 3 is 2.62 bits per heavy atom. The molecule has 1 aromatic carbocycles. The van der Waals surface area contributed by atoms with Crippen LogP contribution in [0.15, 0.2) is 24.3 Å². The molecule has 0 unspecified atom stereocenters. The Hall–Kier alpha value is -1.72. The van der Waals surface area contributed by atoms with Crippen LogP contribution in [0.2, 0.25) is 0 Å². The van der Waals surface area contributed by atoms with Gasteiger partial charge in [0.1, 0.15) is 6.54 Å². The van der Waals surface area contributed by atoms with E-state index < -0.39 is 18.6 Å². The molecule has 1 aromatic rings. The summed E-state index contributed by atoms with van der Waals surface area (Å²) in [6, 6.07) is 7.03. The van der Waals surface area contributed by atoms with E-state index in [1.807, 2.05) is 13.0 Å². The van der Waals surface area contributed by atoms with Gasteiger partial charge in [0.25, 0.3) is 0 Å². The highest BCUT2D eigenvalue weighted by Crippen LogP contribution is 2.18. The van der Waals surface area contributed by atoms with Crippen LogP contribution >= 0.6 is 0 Å². The van der Waals surface area contributed by atoms with E-state index in [0.717, 1.165) is 16.9 Å². The number of hydrogen-bond donors (Lipinski definition) is 1. The molecule has 21 heavy (non-hydrogen) atoms. The van der Waals surface area contributed by atoms with Crippen molar-refractivity contribution in [3.05, 3.63) is 29.8 Å². The minimum absolute atomic E-state index is 0.0588. The molecule has 0 fully saturated rings. The summed E-state index contributed by atoms with van der Waals surface area (Å²) in [6.07, 6.45) is -2.59. The number of halogens is 3. The van der Waals surface area contributed by atoms with Gasteiger partial charge in [-0.15, -0.1) is 0 Å². The van der Waals surface area contributed by atoms with Crippen molar-refractivity contribution in [2.75, 3.05) is 18.8 Å². The van der Waals surface area contributed by atoms with Crippen molar-refractivity contribution in [3.8, 4) is 0 Å². The van der Waals surface area contributed by atoms with Crippen LogP contribution in [-0.2, 0) is 11.2 Å². The minimum Gasteiger partial charge on any atom is -0.399 e. The molecule has 0 atom stereocenters. The van der Waals surface area contributed by atoms with E-state index in [1.165, 1.54) is 0 Å². The lowest BCUT2D eigenvalue weighted by Crippen LogP contribution is -2.39. The Balaban J connectivity index is 2.59. The van der Waals surface area contributed by atoms with E-state index >= 15 is 0 Å². The molecule has 1 amide bonds. The average molecular weight is 302 g/mol. The third kappa shape index (κ3) is 7.02. The van der Waals surface area contributed by atoms with Gasteiger partial charge in [-0.25, -0.2) is 0 Å². The number of benzene rings is 1. The van der Waals surface area contributed by atoms with Gasteiger partial charge in [0, 0.05) is 18.7 Å². The van der Waals surface area contributed by atoms with Crippen molar-refractivity contribution in [2.24, 2.45) is 0 Å². The fourth-order valence-electron chi connectivity index (χ4n) is 2.02. The van der Waals surface area contributed by atoms with Gasteiger partial charge >= 0.3 is 6.18 Å². The summed E-state index contributed by atoms with van der Waals surface area (Å²) in [7, 11) is 0. The maximum Gasteiger partial charge on any atom is 0.406 e. The first-order valence-corrected chi connectivity index (χ1v) is 7.00. The SMILES string of the molecule is CCCCN(CC(F)(F)F)C(=O)CCc1cccc(N)c1. The normalized spacial score (nSPS) is 11.4. The van der Waals surface area contributed by atoms with E-state index in [9.17, 15) is 18.0 Å². The van der Waals surface area contributed by atoms with Crippen LogP contribution in [0.3, 0.4) is 0 Å². The third-order valence-corrected chi connectivity index (χ3v) is 3.08. The number of unbranched alkanes of at least 4 members (excludes halogenated alkanes) is 1.